The molecule has 19 heavy (non-hydrogen) atoms. The molecule has 1 heterocycles. The van der Waals surface area contributed by atoms with Crippen molar-refractivity contribution >= 4 is 11.3 Å². The van der Waals surface area contributed by atoms with Crippen LogP contribution in [0.3, 0.4) is 0 Å². The minimum Gasteiger partial charge on any atom is -0.486 e. The Morgan fingerprint density at radius 3 is 2.74 bits per heavy atom. The predicted molar refractivity (Wildman–Crippen MR) is 79.6 cm³/mol. The van der Waals surface area contributed by atoms with Crippen molar-refractivity contribution in [3.05, 3.63) is 45.4 Å². The maximum absolute atomic E-state index is 5.77. The summed E-state index contributed by atoms with van der Waals surface area (Å²) < 4.78 is 5.77. The summed E-state index contributed by atoms with van der Waals surface area (Å²) in [6.45, 7) is 7.39. The zero-order chi connectivity index (χ0) is 13.8. The summed E-state index contributed by atoms with van der Waals surface area (Å²) in [6, 6.07) is 8.05. The molecular weight excluding hydrogens is 256 g/mol. The molecule has 0 bridgehead atoms. The third-order valence-corrected chi connectivity index (χ3v) is 3.92. The predicted octanol–water partition coefficient (Wildman–Crippen LogP) is 3.61. The van der Waals surface area contributed by atoms with E-state index in [-0.39, 0.29) is 0 Å². The van der Waals surface area contributed by atoms with E-state index in [1.54, 1.807) is 11.3 Å². The van der Waals surface area contributed by atoms with Crippen LogP contribution in [-0.4, -0.2) is 4.98 Å². The van der Waals surface area contributed by atoms with E-state index in [2.05, 4.69) is 31.8 Å². The Morgan fingerprint density at radius 2 is 2.16 bits per heavy atom. The Bertz CT molecular complexity index is 549. The molecule has 0 saturated carbocycles. The fourth-order valence-electron chi connectivity index (χ4n) is 1.92. The van der Waals surface area contributed by atoms with Crippen molar-refractivity contribution in [2.45, 2.75) is 39.8 Å². The first kappa shape index (κ1) is 14.0. The average Bonchev–Trinajstić information content (AvgIpc) is 2.80. The lowest BCUT2D eigenvalue weighted by Crippen LogP contribution is -2.00. The van der Waals surface area contributed by atoms with Gasteiger partial charge in [0.2, 0.25) is 0 Å². The standard InChI is InChI=1S/C15H20N2OS/c1-10(2)15-13(8-16)19-14(17-15)9-18-12-6-4-5-11(3)7-12/h4-7,10H,8-9,16H2,1-3H3. The molecule has 0 saturated heterocycles. The minimum absolute atomic E-state index is 0.405. The van der Waals surface area contributed by atoms with Crippen molar-refractivity contribution in [3.63, 3.8) is 0 Å². The van der Waals surface area contributed by atoms with Gasteiger partial charge in [0.05, 0.1) is 5.69 Å². The van der Waals surface area contributed by atoms with Gasteiger partial charge in [-0.25, -0.2) is 4.98 Å². The smallest absolute Gasteiger partial charge is 0.140 e. The van der Waals surface area contributed by atoms with E-state index in [9.17, 15) is 0 Å². The highest BCUT2D eigenvalue weighted by molar-refractivity contribution is 7.11. The van der Waals surface area contributed by atoms with Crippen LogP contribution in [0.1, 0.15) is 40.9 Å². The average molecular weight is 276 g/mol. The lowest BCUT2D eigenvalue weighted by atomic mass is 10.1. The largest absolute Gasteiger partial charge is 0.486 e. The molecule has 4 heteroatoms. The first-order valence-electron chi connectivity index (χ1n) is 6.48. The molecule has 0 spiro atoms. The quantitative estimate of drug-likeness (QED) is 0.907. The van der Waals surface area contributed by atoms with Gasteiger partial charge in [0, 0.05) is 11.4 Å². The van der Waals surface area contributed by atoms with E-state index in [4.69, 9.17) is 10.5 Å². The van der Waals surface area contributed by atoms with Crippen LogP contribution in [0, 0.1) is 6.92 Å². The summed E-state index contributed by atoms with van der Waals surface area (Å²) in [5, 5.41) is 0.991. The SMILES string of the molecule is Cc1cccc(OCc2nc(C(C)C)c(CN)s2)c1. The van der Waals surface area contributed by atoms with Crippen molar-refractivity contribution in [3.8, 4) is 5.75 Å². The van der Waals surface area contributed by atoms with E-state index in [0.29, 0.717) is 19.1 Å². The lowest BCUT2D eigenvalue weighted by Gasteiger charge is -2.04. The summed E-state index contributed by atoms with van der Waals surface area (Å²) in [4.78, 5) is 5.80. The van der Waals surface area contributed by atoms with Gasteiger partial charge in [-0.1, -0.05) is 26.0 Å². The lowest BCUT2D eigenvalue weighted by molar-refractivity contribution is 0.305. The van der Waals surface area contributed by atoms with Crippen molar-refractivity contribution in [1.82, 2.24) is 4.98 Å². The molecule has 0 radical (unpaired) electrons. The van der Waals surface area contributed by atoms with Gasteiger partial charge in [-0.3, -0.25) is 0 Å². The van der Waals surface area contributed by atoms with E-state index < -0.39 is 0 Å². The number of nitrogens with zero attached hydrogens (tertiary/aromatic N) is 1. The van der Waals surface area contributed by atoms with Crippen LogP contribution in [-0.2, 0) is 13.2 Å². The van der Waals surface area contributed by atoms with Gasteiger partial charge in [-0.15, -0.1) is 11.3 Å². The maximum Gasteiger partial charge on any atom is 0.140 e. The van der Waals surface area contributed by atoms with Crippen molar-refractivity contribution in [2.75, 3.05) is 0 Å². The topological polar surface area (TPSA) is 48.1 Å². The van der Waals surface area contributed by atoms with Gasteiger partial charge in [-0.05, 0) is 30.5 Å². The monoisotopic (exact) mass is 276 g/mol. The molecule has 0 aliphatic carbocycles. The summed E-state index contributed by atoms with van der Waals surface area (Å²) in [5.74, 6) is 1.29. The van der Waals surface area contributed by atoms with Gasteiger partial charge in [0.1, 0.15) is 17.4 Å². The number of ether oxygens (including phenoxy) is 1. The molecule has 0 aliphatic heterocycles. The Hall–Kier alpha value is -1.39. The molecule has 0 unspecified atom stereocenters. The second kappa shape index (κ2) is 6.17. The normalized spacial score (nSPS) is 11.0. The van der Waals surface area contributed by atoms with Gasteiger partial charge < -0.3 is 10.5 Å². The number of aryl methyl sites for hydroxylation is 1. The number of nitrogens with two attached hydrogens (primary N) is 1. The molecule has 0 amide bonds. The summed E-state index contributed by atoms with van der Waals surface area (Å²) in [5.41, 5.74) is 8.06. The molecule has 3 nitrogen and oxygen atoms in total. The van der Waals surface area contributed by atoms with Crippen LogP contribution in [0.4, 0.5) is 0 Å². The fraction of sp³-hybridized carbons (Fsp3) is 0.400. The molecule has 1 aromatic carbocycles. The number of hydrogen-bond donors (Lipinski definition) is 1. The van der Waals surface area contributed by atoms with Gasteiger partial charge in [-0.2, -0.15) is 0 Å². The number of hydrogen-bond acceptors (Lipinski definition) is 4. The highest BCUT2D eigenvalue weighted by Gasteiger charge is 2.13. The zero-order valence-electron chi connectivity index (χ0n) is 11.6. The Balaban J connectivity index is 2.07. The number of thiazole rings is 1. The highest BCUT2D eigenvalue weighted by atomic mass is 32.1. The third kappa shape index (κ3) is 3.55. The Kier molecular flexibility index (Phi) is 4.56. The van der Waals surface area contributed by atoms with E-state index in [1.807, 2.05) is 18.2 Å². The molecular formula is C15H20N2OS. The Labute approximate surface area is 118 Å². The van der Waals surface area contributed by atoms with Crippen LogP contribution in [0.5, 0.6) is 5.75 Å². The molecule has 2 aromatic rings. The van der Waals surface area contributed by atoms with Crippen LogP contribution in [0.15, 0.2) is 24.3 Å². The van der Waals surface area contributed by atoms with Crippen LogP contribution in [0.2, 0.25) is 0 Å². The van der Waals surface area contributed by atoms with Crippen molar-refractivity contribution < 1.29 is 4.74 Å². The second-order valence-electron chi connectivity index (χ2n) is 4.88. The van der Waals surface area contributed by atoms with E-state index >= 15 is 0 Å². The van der Waals surface area contributed by atoms with E-state index in [0.717, 1.165) is 21.3 Å². The van der Waals surface area contributed by atoms with Crippen molar-refractivity contribution in [2.24, 2.45) is 5.73 Å². The summed E-state index contributed by atoms with van der Waals surface area (Å²) in [6.07, 6.45) is 0. The van der Waals surface area contributed by atoms with Crippen molar-refractivity contribution in [1.29, 1.82) is 0 Å². The second-order valence-corrected chi connectivity index (χ2v) is 6.05. The maximum atomic E-state index is 5.77. The van der Waals surface area contributed by atoms with Gasteiger partial charge >= 0.3 is 0 Å². The summed E-state index contributed by atoms with van der Waals surface area (Å²) in [7, 11) is 0. The first-order chi connectivity index (χ1) is 9.10. The first-order valence-corrected chi connectivity index (χ1v) is 7.29. The molecule has 2 N–H and O–H groups in total. The molecule has 102 valence electrons. The Morgan fingerprint density at radius 1 is 1.37 bits per heavy atom. The fourth-order valence-corrected chi connectivity index (χ4v) is 2.94. The number of benzene rings is 1. The molecule has 0 aliphatic rings. The van der Waals surface area contributed by atoms with Gasteiger partial charge in [0.15, 0.2) is 0 Å². The highest BCUT2D eigenvalue weighted by Crippen LogP contribution is 2.25. The molecule has 1 aromatic heterocycles. The number of rotatable bonds is 5. The van der Waals surface area contributed by atoms with Gasteiger partial charge in [0.25, 0.3) is 0 Å². The minimum atomic E-state index is 0.405. The molecule has 0 atom stereocenters. The van der Waals surface area contributed by atoms with E-state index in [1.165, 1.54) is 5.56 Å². The zero-order valence-corrected chi connectivity index (χ0v) is 12.5. The molecule has 0 fully saturated rings. The van der Waals surface area contributed by atoms with Crippen LogP contribution >= 0.6 is 11.3 Å². The third-order valence-electron chi connectivity index (χ3n) is 2.86. The number of aromatic nitrogens is 1. The van der Waals surface area contributed by atoms with Crippen LogP contribution < -0.4 is 10.5 Å². The van der Waals surface area contributed by atoms with Crippen LogP contribution in [0.25, 0.3) is 0 Å². The summed E-state index contributed by atoms with van der Waals surface area (Å²) >= 11 is 1.65. The molecule has 2 rings (SSSR count).